The van der Waals surface area contributed by atoms with Crippen LogP contribution in [0.1, 0.15) is 124 Å². The quantitative estimate of drug-likeness (QED) is 0.0790. The summed E-state index contributed by atoms with van der Waals surface area (Å²) in [6.45, 7) is 6.71. The van der Waals surface area contributed by atoms with Crippen LogP contribution in [0, 0.1) is 17.8 Å². The molecule has 1 rings (SSSR count). The van der Waals surface area contributed by atoms with Gasteiger partial charge < -0.3 is 0 Å². The molecular formula is C29H50O4. The topological polar surface area (TPSA) is 52.6 Å². The third kappa shape index (κ3) is 13.8. The zero-order valence-corrected chi connectivity index (χ0v) is 21.7. The van der Waals surface area contributed by atoms with Gasteiger partial charge in [0.2, 0.25) is 0 Å². The van der Waals surface area contributed by atoms with Crippen molar-refractivity contribution in [2.24, 2.45) is 17.8 Å². The van der Waals surface area contributed by atoms with Gasteiger partial charge in [-0.15, -0.1) is 0 Å². The molecule has 0 aromatic rings. The molecule has 0 bridgehead atoms. The molecule has 4 heteroatoms. The molecule has 0 spiro atoms. The first-order valence-corrected chi connectivity index (χ1v) is 13.8. The van der Waals surface area contributed by atoms with Crippen LogP contribution < -0.4 is 0 Å². The van der Waals surface area contributed by atoms with Crippen molar-refractivity contribution in [1.82, 2.24) is 0 Å². The van der Waals surface area contributed by atoms with E-state index < -0.39 is 0 Å². The SMILES string of the molecule is CCCCC/C=C\C/C=C\CCCCCCCCOOC(=O)C(CCC)C1CCC(=O)C1C. The Balaban J connectivity index is 1.97. The van der Waals surface area contributed by atoms with Crippen molar-refractivity contribution in [2.45, 2.75) is 124 Å². The summed E-state index contributed by atoms with van der Waals surface area (Å²) in [4.78, 5) is 34.7. The third-order valence-corrected chi connectivity index (χ3v) is 6.86. The zero-order valence-electron chi connectivity index (χ0n) is 21.7. The summed E-state index contributed by atoms with van der Waals surface area (Å²) in [5, 5.41) is 0. The average molecular weight is 463 g/mol. The van der Waals surface area contributed by atoms with Crippen LogP contribution >= 0.6 is 0 Å². The van der Waals surface area contributed by atoms with E-state index in [9.17, 15) is 9.59 Å². The fourth-order valence-corrected chi connectivity index (χ4v) is 4.70. The molecule has 3 atom stereocenters. The predicted octanol–water partition coefficient (Wildman–Crippen LogP) is 8.31. The molecule has 1 saturated carbocycles. The maximum Gasteiger partial charge on any atom is 0.345 e. The molecule has 0 aliphatic heterocycles. The van der Waals surface area contributed by atoms with E-state index in [2.05, 4.69) is 38.2 Å². The monoisotopic (exact) mass is 462 g/mol. The van der Waals surface area contributed by atoms with Crippen LogP contribution in [0.3, 0.4) is 0 Å². The number of allylic oxidation sites excluding steroid dienone is 4. The highest BCUT2D eigenvalue weighted by Gasteiger charge is 2.40. The Morgan fingerprint density at radius 3 is 2.15 bits per heavy atom. The van der Waals surface area contributed by atoms with E-state index in [1.807, 2.05) is 6.92 Å². The molecule has 3 unspecified atom stereocenters. The van der Waals surface area contributed by atoms with E-state index in [1.165, 1.54) is 57.8 Å². The van der Waals surface area contributed by atoms with Gasteiger partial charge in [-0.05, 0) is 57.3 Å². The number of carbonyl (C=O) groups is 2. The summed E-state index contributed by atoms with van der Waals surface area (Å²) < 4.78 is 0. The van der Waals surface area contributed by atoms with Crippen molar-refractivity contribution in [3.63, 3.8) is 0 Å². The van der Waals surface area contributed by atoms with Crippen LogP contribution in [0.4, 0.5) is 0 Å². The fourth-order valence-electron chi connectivity index (χ4n) is 4.70. The molecule has 4 nitrogen and oxygen atoms in total. The van der Waals surface area contributed by atoms with E-state index >= 15 is 0 Å². The summed E-state index contributed by atoms with van der Waals surface area (Å²) in [6.07, 6.45) is 26.6. The number of hydrogen-bond donors (Lipinski definition) is 0. The van der Waals surface area contributed by atoms with Crippen LogP contribution in [-0.2, 0) is 19.4 Å². The van der Waals surface area contributed by atoms with Gasteiger partial charge in [0, 0.05) is 12.3 Å². The number of rotatable bonds is 20. The lowest BCUT2D eigenvalue weighted by Crippen LogP contribution is -2.29. The van der Waals surface area contributed by atoms with Gasteiger partial charge in [-0.25, -0.2) is 4.79 Å². The summed E-state index contributed by atoms with van der Waals surface area (Å²) in [5.41, 5.74) is 0. The van der Waals surface area contributed by atoms with E-state index in [4.69, 9.17) is 9.78 Å². The van der Waals surface area contributed by atoms with Gasteiger partial charge in [-0.1, -0.05) is 90.0 Å². The Morgan fingerprint density at radius 2 is 1.55 bits per heavy atom. The number of ketones is 1. The summed E-state index contributed by atoms with van der Waals surface area (Å²) in [6, 6.07) is 0. The molecule has 33 heavy (non-hydrogen) atoms. The Morgan fingerprint density at radius 1 is 0.909 bits per heavy atom. The Kier molecular flexibility index (Phi) is 17.9. The molecule has 0 aromatic heterocycles. The normalized spacial score (nSPS) is 19.7. The van der Waals surface area contributed by atoms with Crippen molar-refractivity contribution in [1.29, 1.82) is 0 Å². The predicted molar refractivity (Wildman–Crippen MR) is 137 cm³/mol. The van der Waals surface area contributed by atoms with Gasteiger partial charge in [0.15, 0.2) is 0 Å². The standard InChI is InChI=1S/C29H50O4/c1-4-6-7-8-9-10-11-12-13-14-15-16-17-18-19-20-24-32-33-29(31)27(21-5-2)26-22-23-28(30)25(26)3/h9-10,12-13,25-27H,4-8,11,14-24H2,1-3H3/b10-9-,13-12-. The molecule has 1 fully saturated rings. The molecule has 0 aromatic carbocycles. The number of Topliss-reactive ketones (excluding diaryl/α,β-unsaturated/α-hetero) is 1. The molecular weight excluding hydrogens is 412 g/mol. The fraction of sp³-hybridized carbons (Fsp3) is 0.793. The van der Waals surface area contributed by atoms with Gasteiger partial charge >= 0.3 is 5.97 Å². The minimum Gasteiger partial charge on any atom is -0.299 e. The molecule has 0 heterocycles. The summed E-state index contributed by atoms with van der Waals surface area (Å²) >= 11 is 0. The van der Waals surface area contributed by atoms with Crippen LogP contribution in [0.5, 0.6) is 0 Å². The number of unbranched alkanes of at least 4 members (excludes halogenated alkanes) is 9. The van der Waals surface area contributed by atoms with Crippen molar-refractivity contribution in [2.75, 3.05) is 6.61 Å². The highest BCUT2D eigenvalue weighted by Crippen LogP contribution is 2.37. The maximum atomic E-state index is 12.5. The van der Waals surface area contributed by atoms with Crippen molar-refractivity contribution in [3.8, 4) is 0 Å². The van der Waals surface area contributed by atoms with Gasteiger partial charge in [0.25, 0.3) is 0 Å². The molecule has 1 aliphatic carbocycles. The Bertz CT molecular complexity index is 566. The molecule has 190 valence electrons. The summed E-state index contributed by atoms with van der Waals surface area (Å²) in [5.74, 6) is -0.163. The maximum absolute atomic E-state index is 12.5. The van der Waals surface area contributed by atoms with Crippen LogP contribution in [0.2, 0.25) is 0 Å². The first kappa shape index (κ1) is 29.6. The Labute approximate surface area is 203 Å². The van der Waals surface area contributed by atoms with Gasteiger partial charge in [0.05, 0.1) is 12.5 Å². The number of carbonyl (C=O) groups excluding carboxylic acids is 2. The van der Waals surface area contributed by atoms with E-state index in [0.717, 1.165) is 38.5 Å². The van der Waals surface area contributed by atoms with E-state index in [0.29, 0.717) is 13.0 Å². The van der Waals surface area contributed by atoms with E-state index in [-0.39, 0.29) is 29.5 Å². The summed E-state index contributed by atoms with van der Waals surface area (Å²) in [7, 11) is 0. The smallest absolute Gasteiger partial charge is 0.299 e. The number of hydrogen-bond acceptors (Lipinski definition) is 4. The molecule has 0 N–H and O–H groups in total. The second-order valence-corrected chi connectivity index (χ2v) is 9.66. The van der Waals surface area contributed by atoms with Crippen molar-refractivity contribution >= 4 is 11.8 Å². The van der Waals surface area contributed by atoms with E-state index in [1.54, 1.807) is 0 Å². The highest BCUT2D eigenvalue weighted by atomic mass is 17.2. The van der Waals surface area contributed by atoms with Crippen LogP contribution in [0.15, 0.2) is 24.3 Å². The average Bonchev–Trinajstić information content (AvgIpc) is 3.14. The third-order valence-electron chi connectivity index (χ3n) is 6.86. The van der Waals surface area contributed by atoms with Gasteiger partial charge in [0.1, 0.15) is 5.78 Å². The molecule has 0 amide bonds. The van der Waals surface area contributed by atoms with Crippen LogP contribution in [-0.4, -0.2) is 18.4 Å². The van der Waals surface area contributed by atoms with Crippen LogP contribution in [0.25, 0.3) is 0 Å². The van der Waals surface area contributed by atoms with Gasteiger partial charge in [-0.3, -0.25) is 9.68 Å². The Hall–Kier alpha value is -1.42. The molecule has 1 aliphatic rings. The minimum atomic E-state index is -0.288. The highest BCUT2D eigenvalue weighted by molar-refractivity contribution is 5.84. The lowest BCUT2D eigenvalue weighted by Gasteiger charge is -2.23. The zero-order chi connectivity index (χ0) is 24.2. The van der Waals surface area contributed by atoms with Crippen molar-refractivity contribution < 1.29 is 19.4 Å². The molecule has 0 saturated heterocycles. The first-order valence-electron chi connectivity index (χ1n) is 13.8. The minimum absolute atomic E-state index is 0.0400. The lowest BCUT2D eigenvalue weighted by molar-refractivity contribution is -0.278. The first-order chi connectivity index (χ1) is 16.1. The second-order valence-electron chi connectivity index (χ2n) is 9.66. The van der Waals surface area contributed by atoms with Crippen molar-refractivity contribution in [3.05, 3.63) is 24.3 Å². The van der Waals surface area contributed by atoms with Gasteiger partial charge in [-0.2, -0.15) is 4.89 Å². The largest absolute Gasteiger partial charge is 0.345 e. The molecule has 0 radical (unpaired) electrons. The second kappa shape index (κ2) is 20.0. The lowest BCUT2D eigenvalue weighted by atomic mass is 9.82.